The van der Waals surface area contributed by atoms with Crippen LogP contribution in [0.25, 0.3) is 0 Å². The standard InChI is InChI=1S/C23H28FN3O/c1-4-5-11-21-20(17-12-14-19(24)15-13-17)16-27(26-21)22(28)25-23(2,3)18-9-7-6-8-10-18/h6-10,12-15,20H,4-5,11,16H2,1-3H3,(H,25,28). The molecule has 2 aromatic carbocycles. The minimum absolute atomic E-state index is 0.0118. The van der Waals surface area contributed by atoms with Crippen LogP contribution in [-0.2, 0) is 5.54 Å². The van der Waals surface area contributed by atoms with E-state index >= 15 is 0 Å². The molecule has 2 aromatic rings. The number of rotatable bonds is 6. The maximum atomic E-state index is 13.3. The van der Waals surface area contributed by atoms with Gasteiger partial charge in [0.15, 0.2) is 0 Å². The number of nitrogens with one attached hydrogen (secondary N) is 1. The Bertz CT molecular complexity index is 831. The maximum absolute atomic E-state index is 13.3. The second-order valence-electron chi connectivity index (χ2n) is 7.80. The Morgan fingerprint density at radius 1 is 1.18 bits per heavy atom. The van der Waals surface area contributed by atoms with Crippen LogP contribution in [0, 0.1) is 5.82 Å². The van der Waals surface area contributed by atoms with E-state index in [-0.39, 0.29) is 17.8 Å². The second-order valence-corrected chi connectivity index (χ2v) is 7.80. The third kappa shape index (κ3) is 4.58. The van der Waals surface area contributed by atoms with E-state index in [1.807, 2.05) is 44.2 Å². The first-order chi connectivity index (χ1) is 13.4. The summed E-state index contributed by atoms with van der Waals surface area (Å²) in [5.74, 6) is -0.245. The highest BCUT2D eigenvalue weighted by atomic mass is 19.1. The molecule has 2 amide bonds. The van der Waals surface area contributed by atoms with E-state index in [9.17, 15) is 9.18 Å². The van der Waals surface area contributed by atoms with E-state index < -0.39 is 5.54 Å². The van der Waals surface area contributed by atoms with E-state index in [1.165, 1.54) is 17.1 Å². The molecule has 1 unspecified atom stereocenters. The van der Waals surface area contributed by atoms with Crippen LogP contribution >= 0.6 is 0 Å². The number of nitrogens with zero attached hydrogens (tertiary/aromatic N) is 2. The highest BCUT2D eigenvalue weighted by Crippen LogP contribution is 2.29. The number of hydrazone groups is 1. The van der Waals surface area contributed by atoms with Crippen molar-refractivity contribution in [2.24, 2.45) is 5.10 Å². The van der Waals surface area contributed by atoms with Crippen LogP contribution in [0.1, 0.15) is 57.1 Å². The molecule has 148 valence electrons. The summed E-state index contributed by atoms with van der Waals surface area (Å²) in [5.41, 5.74) is 2.51. The van der Waals surface area contributed by atoms with Gasteiger partial charge in [-0.05, 0) is 49.9 Å². The lowest BCUT2D eigenvalue weighted by Gasteiger charge is -2.28. The molecule has 0 aromatic heterocycles. The van der Waals surface area contributed by atoms with Gasteiger partial charge in [-0.2, -0.15) is 5.10 Å². The number of hydrogen-bond donors (Lipinski definition) is 1. The Kier molecular flexibility index (Phi) is 6.12. The molecule has 1 atom stereocenters. The van der Waals surface area contributed by atoms with Gasteiger partial charge in [0.05, 0.1) is 12.1 Å². The van der Waals surface area contributed by atoms with Crippen molar-refractivity contribution >= 4 is 11.7 Å². The van der Waals surface area contributed by atoms with E-state index in [4.69, 9.17) is 0 Å². The molecule has 1 aliphatic rings. The molecule has 0 radical (unpaired) electrons. The molecule has 1 N–H and O–H groups in total. The van der Waals surface area contributed by atoms with Crippen molar-refractivity contribution in [3.05, 3.63) is 71.5 Å². The van der Waals surface area contributed by atoms with Crippen LogP contribution in [0.5, 0.6) is 0 Å². The van der Waals surface area contributed by atoms with Crippen LogP contribution in [0.15, 0.2) is 59.7 Å². The second kappa shape index (κ2) is 8.55. The zero-order valence-corrected chi connectivity index (χ0v) is 16.8. The predicted octanol–water partition coefficient (Wildman–Crippen LogP) is 5.42. The Morgan fingerprint density at radius 2 is 1.86 bits per heavy atom. The summed E-state index contributed by atoms with van der Waals surface area (Å²) in [4.78, 5) is 12.9. The molecular formula is C23H28FN3O. The van der Waals surface area contributed by atoms with Crippen LogP contribution in [0.3, 0.4) is 0 Å². The predicted molar refractivity (Wildman–Crippen MR) is 111 cm³/mol. The van der Waals surface area contributed by atoms with Gasteiger partial charge in [-0.25, -0.2) is 14.2 Å². The van der Waals surface area contributed by atoms with E-state index in [2.05, 4.69) is 17.3 Å². The number of unbranched alkanes of at least 4 members (excludes halogenated alkanes) is 1. The normalized spacial score (nSPS) is 16.8. The van der Waals surface area contributed by atoms with Gasteiger partial charge in [0.1, 0.15) is 5.82 Å². The third-order valence-corrected chi connectivity index (χ3v) is 5.22. The maximum Gasteiger partial charge on any atom is 0.338 e. The fourth-order valence-corrected chi connectivity index (χ4v) is 3.51. The molecule has 0 bridgehead atoms. The number of hydrogen-bond acceptors (Lipinski definition) is 2. The minimum Gasteiger partial charge on any atom is -0.328 e. The lowest BCUT2D eigenvalue weighted by Crippen LogP contribution is -2.46. The van der Waals surface area contributed by atoms with Crippen molar-refractivity contribution in [2.45, 2.75) is 51.5 Å². The van der Waals surface area contributed by atoms with Crippen molar-refractivity contribution in [1.29, 1.82) is 0 Å². The van der Waals surface area contributed by atoms with Crippen LogP contribution in [0.4, 0.5) is 9.18 Å². The summed E-state index contributed by atoms with van der Waals surface area (Å²) in [6.07, 6.45) is 2.91. The van der Waals surface area contributed by atoms with Gasteiger partial charge in [0.2, 0.25) is 0 Å². The van der Waals surface area contributed by atoms with Crippen LogP contribution in [0.2, 0.25) is 0 Å². The van der Waals surface area contributed by atoms with E-state index in [1.54, 1.807) is 12.1 Å². The average molecular weight is 381 g/mol. The summed E-state index contributed by atoms with van der Waals surface area (Å²) >= 11 is 0. The number of carbonyl (C=O) groups is 1. The zero-order valence-electron chi connectivity index (χ0n) is 16.8. The molecule has 0 saturated heterocycles. The fraction of sp³-hybridized carbons (Fsp3) is 0.391. The van der Waals surface area contributed by atoms with Crippen molar-refractivity contribution in [1.82, 2.24) is 10.3 Å². The quantitative estimate of drug-likeness (QED) is 0.714. The summed E-state index contributed by atoms with van der Waals surface area (Å²) in [6.45, 7) is 6.57. The number of urea groups is 1. The Hall–Kier alpha value is -2.69. The molecule has 1 aliphatic heterocycles. The van der Waals surface area contributed by atoms with Gasteiger partial charge in [-0.15, -0.1) is 0 Å². The Labute approximate surface area is 166 Å². The topological polar surface area (TPSA) is 44.7 Å². The summed E-state index contributed by atoms with van der Waals surface area (Å²) in [5, 5.41) is 9.24. The highest BCUT2D eigenvalue weighted by Gasteiger charge is 2.33. The minimum atomic E-state index is -0.509. The SMILES string of the molecule is CCCCC1=NN(C(=O)NC(C)(C)c2ccccc2)CC1c1ccc(F)cc1. The molecule has 0 aliphatic carbocycles. The van der Waals surface area contributed by atoms with Gasteiger partial charge in [-0.1, -0.05) is 55.8 Å². The van der Waals surface area contributed by atoms with Crippen molar-refractivity contribution in [3.63, 3.8) is 0 Å². The lowest BCUT2D eigenvalue weighted by molar-refractivity contribution is 0.192. The smallest absolute Gasteiger partial charge is 0.328 e. The number of amides is 2. The summed E-state index contributed by atoms with van der Waals surface area (Å²) in [6, 6.07) is 16.2. The zero-order chi connectivity index (χ0) is 20.1. The largest absolute Gasteiger partial charge is 0.338 e. The summed E-state index contributed by atoms with van der Waals surface area (Å²) < 4.78 is 13.3. The van der Waals surface area contributed by atoms with Crippen molar-refractivity contribution < 1.29 is 9.18 Å². The third-order valence-electron chi connectivity index (χ3n) is 5.22. The van der Waals surface area contributed by atoms with Gasteiger partial charge in [-0.3, -0.25) is 0 Å². The Morgan fingerprint density at radius 3 is 2.50 bits per heavy atom. The van der Waals surface area contributed by atoms with Crippen molar-refractivity contribution in [2.75, 3.05) is 6.54 Å². The first-order valence-corrected chi connectivity index (χ1v) is 9.88. The molecule has 3 rings (SSSR count). The molecule has 0 saturated carbocycles. The number of carbonyl (C=O) groups excluding carboxylic acids is 1. The monoisotopic (exact) mass is 381 g/mol. The molecule has 4 nitrogen and oxygen atoms in total. The van der Waals surface area contributed by atoms with Gasteiger partial charge < -0.3 is 5.32 Å². The van der Waals surface area contributed by atoms with Crippen molar-refractivity contribution in [3.8, 4) is 0 Å². The average Bonchev–Trinajstić information content (AvgIpc) is 3.12. The summed E-state index contributed by atoms with van der Waals surface area (Å²) in [7, 11) is 0. The molecule has 28 heavy (non-hydrogen) atoms. The van der Waals surface area contributed by atoms with E-state index in [0.717, 1.165) is 36.1 Å². The van der Waals surface area contributed by atoms with Crippen LogP contribution in [-0.4, -0.2) is 23.3 Å². The molecule has 0 spiro atoms. The van der Waals surface area contributed by atoms with Crippen LogP contribution < -0.4 is 5.32 Å². The van der Waals surface area contributed by atoms with Gasteiger partial charge in [0.25, 0.3) is 0 Å². The molecule has 1 heterocycles. The number of halogens is 1. The number of benzene rings is 2. The van der Waals surface area contributed by atoms with Gasteiger partial charge >= 0.3 is 6.03 Å². The first-order valence-electron chi connectivity index (χ1n) is 9.88. The van der Waals surface area contributed by atoms with Gasteiger partial charge in [0, 0.05) is 11.6 Å². The lowest BCUT2D eigenvalue weighted by atomic mass is 9.92. The fourth-order valence-electron chi connectivity index (χ4n) is 3.51. The molecular weight excluding hydrogens is 353 g/mol. The highest BCUT2D eigenvalue weighted by molar-refractivity contribution is 5.94. The molecule has 5 heteroatoms. The van der Waals surface area contributed by atoms with E-state index in [0.29, 0.717) is 6.54 Å². The first kappa shape index (κ1) is 20.1. The molecule has 0 fully saturated rings. The Balaban J connectivity index is 1.76.